The number of hydrogen-bond acceptors (Lipinski definition) is 9. The quantitative estimate of drug-likeness (QED) is 0.0240. The third-order valence-electron chi connectivity index (χ3n) is 6.34. The molecule has 0 aromatic heterocycles. The van der Waals surface area contributed by atoms with Gasteiger partial charge in [0.05, 0.1) is 13.2 Å². The van der Waals surface area contributed by atoms with Crippen molar-refractivity contribution < 1.29 is 47.5 Å². The predicted octanol–water partition coefficient (Wildman–Crippen LogP) is 7.27. The molecular formula is C34H56NO10P. The van der Waals surface area contributed by atoms with Crippen LogP contribution in [0.5, 0.6) is 0 Å². The first-order chi connectivity index (χ1) is 22.1. The number of carboxylic acid groups (broad SMARTS) is 1. The minimum absolute atomic E-state index is 0.107. The van der Waals surface area contributed by atoms with Crippen LogP contribution in [0.4, 0.5) is 0 Å². The highest BCUT2D eigenvalue weighted by Gasteiger charge is 2.28. The summed E-state index contributed by atoms with van der Waals surface area (Å²) in [5.74, 6) is -2.49. The summed E-state index contributed by atoms with van der Waals surface area (Å²) in [6, 6.07) is -1.53. The van der Waals surface area contributed by atoms with Crippen molar-refractivity contribution in [3.05, 3.63) is 60.8 Å². The van der Waals surface area contributed by atoms with Crippen LogP contribution < -0.4 is 5.73 Å². The Labute approximate surface area is 275 Å². The largest absolute Gasteiger partial charge is 0.480 e. The molecule has 0 amide bonds. The zero-order valence-corrected chi connectivity index (χ0v) is 28.5. The molecule has 4 N–H and O–H groups in total. The van der Waals surface area contributed by atoms with E-state index in [0.717, 1.165) is 44.9 Å². The van der Waals surface area contributed by atoms with Gasteiger partial charge in [-0.05, 0) is 51.4 Å². The summed E-state index contributed by atoms with van der Waals surface area (Å²) in [7, 11) is -4.72. The number of phosphoric ester groups is 1. The Morgan fingerprint density at radius 1 is 0.696 bits per heavy atom. The second-order valence-corrected chi connectivity index (χ2v) is 12.1. The van der Waals surface area contributed by atoms with E-state index in [2.05, 4.69) is 36.6 Å². The lowest BCUT2D eigenvalue weighted by Crippen LogP contribution is -2.34. The van der Waals surface area contributed by atoms with Gasteiger partial charge in [0.1, 0.15) is 12.6 Å². The molecule has 0 bridgehead atoms. The van der Waals surface area contributed by atoms with E-state index < -0.39 is 51.1 Å². The molecule has 12 heteroatoms. The van der Waals surface area contributed by atoms with Gasteiger partial charge in [-0.25, -0.2) is 4.57 Å². The highest BCUT2D eigenvalue weighted by Crippen LogP contribution is 2.43. The Morgan fingerprint density at radius 3 is 1.91 bits per heavy atom. The maximum absolute atomic E-state index is 12.5. The van der Waals surface area contributed by atoms with Gasteiger partial charge < -0.3 is 25.2 Å². The number of hydrogen-bond donors (Lipinski definition) is 3. The van der Waals surface area contributed by atoms with Crippen molar-refractivity contribution in [2.45, 2.75) is 116 Å². The smallest absolute Gasteiger partial charge is 0.472 e. The SMILES string of the molecule is CC/C=C/C=C/C=C/C=C/CCCCCC(=O)OC(COC(=O)CCC/C=C/CCCCCC)COP(=O)(O)OC[C@H](N)C(=O)O. The number of allylic oxidation sites excluding steroid dienone is 10. The summed E-state index contributed by atoms with van der Waals surface area (Å²) in [5, 5.41) is 8.82. The fraction of sp³-hybridized carbons (Fsp3) is 0.618. The van der Waals surface area contributed by atoms with Crippen LogP contribution in [0.25, 0.3) is 0 Å². The first-order valence-corrected chi connectivity index (χ1v) is 17.9. The van der Waals surface area contributed by atoms with E-state index in [1.807, 2.05) is 42.5 Å². The van der Waals surface area contributed by atoms with Gasteiger partial charge in [-0.3, -0.25) is 23.4 Å². The van der Waals surface area contributed by atoms with Gasteiger partial charge in [-0.1, -0.05) is 100 Å². The number of ether oxygens (including phenoxy) is 2. The number of unbranched alkanes of at least 4 members (excludes halogenated alkanes) is 8. The standard InChI is InChI=1S/C34H56NO10P/c1-3-5-7-9-11-13-14-15-16-18-20-22-24-26-33(37)45-30(28-43-46(40,41)44-29-31(35)34(38)39)27-42-32(36)25-23-21-19-17-12-10-8-6-4-2/h5,7,9,11,13-17,19,30-31H,3-4,6,8,10,12,18,20-29,35H2,1-2H3,(H,38,39)(H,40,41)/b7-5+,11-9+,14-13+,16-15+,19-17+/t30?,31-/m0/s1. The summed E-state index contributed by atoms with van der Waals surface area (Å²) < 4.78 is 32.3. The fourth-order valence-corrected chi connectivity index (χ4v) is 4.50. The molecule has 0 heterocycles. The van der Waals surface area contributed by atoms with Gasteiger partial charge in [-0.15, -0.1) is 0 Å². The molecule has 0 saturated heterocycles. The molecule has 0 saturated carbocycles. The first kappa shape index (κ1) is 43.2. The molecule has 262 valence electrons. The van der Waals surface area contributed by atoms with Gasteiger partial charge in [0.25, 0.3) is 0 Å². The lowest BCUT2D eigenvalue weighted by molar-refractivity contribution is -0.161. The van der Waals surface area contributed by atoms with Crippen LogP contribution in [0.1, 0.15) is 104 Å². The van der Waals surface area contributed by atoms with Crippen LogP contribution in [0.3, 0.4) is 0 Å². The van der Waals surface area contributed by atoms with Crippen LogP contribution in [0.2, 0.25) is 0 Å². The molecule has 0 aromatic carbocycles. The summed E-state index contributed by atoms with van der Waals surface area (Å²) in [6.45, 7) is 2.49. The van der Waals surface area contributed by atoms with E-state index in [-0.39, 0.29) is 19.4 Å². The van der Waals surface area contributed by atoms with Gasteiger partial charge in [0.2, 0.25) is 0 Å². The lowest BCUT2D eigenvalue weighted by atomic mass is 10.1. The number of phosphoric acid groups is 1. The van der Waals surface area contributed by atoms with Gasteiger partial charge in [0.15, 0.2) is 6.10 Å². The molecule has 0 spiro atoms. The predicted molar refractivity (Wildman–Crippen MR) is 180 cm³/mol. The maximum Gasteiger partial charge on any atom is 0.472 e. The first-order valence-electron chi connectivity index (χ1n) is 16.4. The highest BCUT2D eigenvalue weighted by atomic mass is 31.2. The summed E-state index contributed by atoms with van der Waals surface area (Å²) in [4.78, 5) is 45.4. The molecule has 3 atom stereocenters. The van der Waals surface area contributed by atoms with Gasteiger partial charge in [-0.2, -0.15) is 0 Å². The molecule has 11 nitrogen and oxygen atoms in total. The van der Waals surface area contributed by atoms with Crippen molar-refractivity contribution in [3.63, 3.8) is 0 Å². The van der Waals surface area contributed by atoms with E-state index >= 15 is 0 Å². The van der Waals surface area contributed by atoms with Crippen LogP contribution in [-0.2, 0) is 37.5 Å². The molecule has 0 radical (unpaired) electrons. The molecule has 46 heavy (non-hydrogen) atoms. The third-order valence-corrected chi connectivity index (χ3v) is 7.29. The van der Waals surface area contributed by atoms with Crippen molar-refractivity contribution >= 4 is 25.7 Å². The maximum atomic E-state index is 12.5. The number of carboxylic acids is 1. The Morgan fingerprint density at radius 2 is 1.26 bits per heavy atom. The molecule has 0 fully saturated rings. The summed E-state index contributed by atoms with van der Waals surface area (Å²) >= 11 is 0. The van der Waals surface area contributed by atoms with Crippen molar-refractivity contribution in [2.24, 2.45) is 5.73 Å². The molecule has 2 unspecified atom stereocenters. The van der Waals surface area contributed by atoms with E-state index in [4.69, 9.17) is 24.8 Å². The Balaban J connectivity index is 4.66. The molecule has 0 aliphatic heterocycles. The topological polar surface area (TPSA) is 172 Å². The minimum Gasteiger partial charge on any atom is -0.480 e. The minimum atomic E-state index is -4.72. The molecule has 0 aromatic rings. The van der Waals surface area contributed by atoms with E-state index in [9.17, 15) is 23.8 Å². The molecular weight excluding hydrogens is 613 g/mol. The van der Waals surface area contributed by atoms with Crippen molar-refractivity contribution in [1.29, 1.82) is 0 Å². The second kappa shape index (κ2) is 29.6. The zero-order chi connectivity index (χ0) is 34.3. The van der Waals surface area contributed by atoms with E-state index in [1.54, 1.807) is 0 Å². The van der Waals surface area contributed by atoms with E-state index in [0.29, 0.717) is 12.8 Å². The average Bonchev–Trinajstić information content (AvgIpc) is 3.02. The highest BCUT2D eigenvalue weighted by molar-refractivity contribution is 7.47. The zero-order valence-electron chi connectivity index (χ0n) is 27.6. The normalized spacial score (nSPS) is 14.9. The number of aliphatic carboxylic acids is 1. The molecule has 0 rings (SSSR count). The molecule has 0 aliphatic rings. The second-order valence-electron chi connectivity index (χ2n) is 10.6. The van der Waals surface area contributed by atoms with Gasteiger partial charge in [0, 0.05) is 12.8 Å². The van der Waals surface area contributed by atoms with Crippen LogP contribution in [-0.4, -0.2) is 59.9 Å². The monoisotopic (exact) mass is 669 g/mol. The summed E-state index contributed by atoms with van der Waals surface area (Å²) in [5.41, 5.74) is 5.29. The van der Waals surface area contributed by atoms with Crippen LogP contribution >= 0.6 is 7.82 Å². The lowest BCUT2D eigenvalue weighted by Gasteiger charge is -2.20. The van der Waals surface area contributed by atoms with Crippen LogP contribution in [0, 0.1) is 0 Å². The Hall–Kier alpha value is -2.82. The Bertz CT molecular complexity index is 1020. The number of rotatable bonds is 29. The molecule has 0 aliphatic carbocycles. The average molecular weight is 670 g/mol. The fourth-order valence-electron chi connectivity index (χ4n) is 3.72. The Kier molecular flexibility index (Phi) is 27.8. The summed E-state index contributed by atoms with van der Waals surface area (Å²) in [6.07, 6.45) is 30.4. The van der Waals surface area contributed by atoms with Gasteiger partial charge >= 0.3 is 25.7 Å². The number of nitrogens with two attached hydrogens (primary N) is 1. The van der Waals surface area contributed by atoms with E-state index in [1.165, 1.54) is 19.3 Å². The van der Waals surface area contributed by atoms with Crippen molar-refractivity contribution in [1.82, 2.24) is 0 Å². The number of carbonyl (C=O) groups excluding carboxylic acids is 2. The number of esters is 2. The van der Waals surface area contributed by atoms with Crippen molar-refractivity contribution in [3.8, 4) is 0 Å². The van der Waals surface area contributed by atoms with Crippen LogP contribution in [0.15, 0.2) is 60.8 Å². The third kappa shape index (κ3) is 28.6. The number of carbonyl (C=O) groups is 3. The van der Waals surface area contributed by atoms with Crippen molar-refractivity contribution in [2.75, 3.05) is 19.8 Å².